The summed E-state index contributed by atoms with van der Waals surface area (Å²) in [6.45, 7) is 0.491. The van der Waals surface area contributed by atoms with Gasteiger partial charge in [0.05, 0.1) is 31.0 Å². The highest BCUT2D eigenvalue weighted by Crippen LogP contribution is 2.29. The van der Waals surface area contributed by atoms with Crippen LogP contribution in [0, 0.1) is 0 Å². The van der Waals surface area contributed by atoms with Gasteiger partial charge >= 0.3 is 0 Å². The molecule has 0 saturated carbocycles. The van der Waals surface area contributed by atoms with Crippen molar-refractivity contribution >= 4 is 27.3 Å². The highest BCUT2D eigenvalue weighted by atomic mass is 32.2. The Morgan fingerprint density at radius 3 is 2.37 bits per heavy atom. The summed E-state index contributed by atoms with van der Waals surface area (Å²) in [6, 6.07) is 11.6. The lowest BCUT2D eigenvalue weighted by molar-refractivity contribution is 0.354. The molecule has 0 spiro atoms. The molecule has 0 amide bonds. The number of aromatic nitrogens is 3. The maximum Gasteiger partial charge on any atom is 0.240 e. The molecular weight excluding hydrogens is 408 g/mol. The second-order valence-corrected chi connectivity index (χ2v) is 7.78. The number of pyridine rings is 1. The zero-order valence-corrected chi connectivity index (χ0v) is 17.3. The maximum atomic E-state index is 12.5. The summed E-state index contributed by atoms with van der Waals surface area (Å²) in [6.07, 6.45) is 3.36. The Bertz CT molecular complexity index is 1060. The van der Waals surface area contributed by atoms with Crippen LogP contribution in [0.3, 0.4) is 0 Å². The molecule has 0 aliphatic rings. The minimum atomic E-state index is -3.69. The molecule has 0 atom stereocenters. The van der Waals surface area contributed by atoms with Gasteiger partial charge in [-0.25, -0.2) is 13.1 Å². The second kappa shape index (κ2) is 9.85. The molecule has 158 valence electrons. The van der Waals surface area contributed by atoms with E-state index in [9.17, 15) is 8.42 Å². The average molecular weight is 430 g/mol. The molecule has 3 rings (SSSR count). The fourth-order valence-corrected chi connectivity index (χ4v) is 3.57. The third-order valence-electron chi connectivity index (χ3n) is 3.99. The Labute approximate surface area is 174 Å². The van der Waals surface area contributed by atoms with E-state index in [1.807, 2.05) is 12.1 Å². The topological polar surface area (TPSA) is 127 Å². The summed E-state index contributed by atoms with van der Waals surface area (Å²) in [4.78, 5) is 4.10. The lowest BCUT2D eigenvalue weighted by atomic mass is 10.3. The zero-order chi connectivity index (χ0) is 21.4. The van der Waals surface area contributed by atoms with E-state index in [-0.39, 0.29) is 11.4 Å². The highest BCUT2D eigenvalue weighted by Gasteiger charge is 2.16. The molecule has 10 nitrogen and oxygen atoms in total. The van der Waals surface area contributed by atoms with E-state index in [1.165, 1.54) is 26.4 Å². The summed E-state index contributed by atoms with van der Waals surface area (Å²) < 4.78 is 37.7. The van der Waals surface area contributed by atoms with E-state index in [1.54, 1.807) is 30.6 Å². The second-order valence-electron chi connectivity index (χ2n) is 6.01. The Morgan fingerprint density at radius 1 is 0.933 bits per heavy atom. The van der Waals surface area contributed by atoms with Crippen LogP contribution in [-0.4, -0.2) is 50.9 Å². The molecule has 0 aliphatic carbocycles. The van der Waals surface area contributed by atoms with Crippen LogP contribution in [0.1, 0.15) is 0 Å². The first-order valence-corrected chi connectivity index (χ1v) is 10.5. The van der Waals surface area contributed by atoms with Crippen molar-refractivity contribution in [3.63, 3.8) is 0 Å². The highest BCUT2D eigenvalue weighted by molar-refractivity contribution is 7.89. The van der Waals surface area contributed by atoms with E-state index in [4.69, 9.17) is 9.47 Å². The molecule has 1 aromatic carbocycles. The van der Waals surface area contributed by atoms with Crippen LogP contribution in [0.5, 0.6) is 11.5 Å². The minimum Gasteiger partial charge on any atom is -0.493 e. The summed E-state index contributed by atoms with van der Waals surface area (Å²) in [5, 5.41) is 14.2. The van der Waals surface area contributed by atoms with Crippen LogP contribution >= 0.6 is 0 Å². The van der Waals surface area contributed by atoms with Crippen LogP contribution in [0.15, 0.2) is 59.8 Å². The van der Waals surface area contributed by atoms with Crippen LogP contribution in [0.4, 0.5) is 17.3 Å². The van der Waals surface area contributed by atoms with Gasteiger partial charge in [0, 0.05) is 25.4 Å². The smallest absolute Gasteiger partial charge is 0.240 e. The van der Waals surface area contributed by atoms with Gasteiger partial charge in [-0.05, 0) is 36.4 Å². The molecule has 0 radical (unpaired) electrons. The number of benzene rings is 1. The molecule has 0 aliphatic heterocycles. The molecule has 3 N–H and O–H groups in total. The van der Waals surface area contributed by atoms with Gasteiger partial charge in [-0.1, -0.05) is 0 Å². The van der Waals surface area contributed by atoms with E-state index in [2.05, 4.69) is 30.5 Å². The predicted octanol–water partition coefficient (Wildman–Crippen LogP) is 2.02. The third-order valence-corrected chi connectivity index (χ3v) is 5.45. The predicted molar refractivity (Wildman–Crippen MR) is 113 cm³/mol. The first-order chi connectivity index (χ1) is 14.5. The van der Waals surface area contributed by atoms with E-state index in [0.717, 1.165) is 5.69 Å². The SMILES string of the molecule is COc1ccc(S(=O)(=O)NCCNc2ccc(Nc3cccnc3)nn2)cc1OC. The zero-order valence-electron chi connectivity index (χ0n) is 16.5. The molecule has 0 fully saturated rings. The van der Waals surface area contributed by atoms with Crippen molar-refractivity contribution in [2.75, 3.05) is 37.9 Å². The number of anilines is 3. The fraction of sp³-hybridized carbons (Fsp3) is 0.211. The lowest BCUT2D eigenvalue weighted by Crippen LogP contribution is -2.29. The molecule has 0 saturated heterocycles. The van der Waals surface area contributed by atoms with Gasteiger partial charge in [-0.15, -0.1) is 10.2 Å². The van der Waals surface area contributed by atoms with E-state index >= 15 is 0 Å². The maximum absolute atomic E-state index is 12.5. The summed E-state index contributed by atoms with van der Waals surface area (Å²) in [5.41, 5.74) is 0.803. The Balaban J connectivity index is 1.50. The quantitative estimate of drug-likeness (QED) is 0.414. The van der Waals surface area contributed by atoms with Gasteiger partial charge in [0.1, 0.15) is 5.82 Å². The van der Waals surface area contributed by atoms with Crippen LogP contribution < -0.4 is 24.8 Å². The number of nitrogens with zero attached hydrogens (tertiary/aromatic N) is 3. The molecule has 0 unspecified atom stereocenters. The van der Waals surface area contributed by atoms with Crippen molar-refractivity contribution in [1.82, 2.24) is 19.9 Å². The van der Waals surface area contributed by atoms with Crippen molar-refractivity contribution in [3.8, 4) is 11.5 Å². The number of hydrogen-bond acceptors (Lipinski definition) is 9. The normalized spacial score (nSPS) is 11.0. The van der Waals surface area contributed by atoms with Crippen molar-refractivity contribution < 1.29 is 17.9 Å². The number of hydrogen-bond donors (Lipinski definition) is 3. The number of rotatable bonds is 10. The lowest BCUT2D eigenvalue weighted by Gasteiger charge is -2.11. The Morgan fingerprint density at radius 2 is 1.70 bits per heavy atom. The van der Waals surface area contributed by atoms with Crippen LogP contribution in [-0.2, 0) is 10.0 Å². The number of methoxy groups -OCH3 is 2. The van der Waals surface area contributed by atoms with Gasteiger partial charge in [-0.3, -0.25) is 4.98 Å². The van der Waals surface area contributed by atoms with Crippen molar-refractivity contribution in [2.45, 2.75) is 4.90 Å². The number of sulfonamides is 1. The third kappa shape index (κ3) is 5.55. The van der Waals surface area contributed by atoms with Gasteiger partial charge in [0.25, 0.3) is 0 Å². The number of nitrogens with one attached hydrogen (secondary N) is 3. The van der Waals surface area contributed by atoms with Gasteiger partial charge < -0.3 is 20.1 Å². The first-order valence-electron chi connectivity index (χ1n) is 8.98. The summed E-state index contributed by atoms with van der Waals surface area (Å²) in [5.74, 6) is 1.90. The monoisotopic (exact) mass is 430 g/mol. The van der Waals surface area contributed by atoms with Gasteiger partial charge in [0.2, 0.25) is 10.0 Å². The van der Waals surface area contributed by atoms with Crippen LogP contribution in [0.2, 0.25) is 0 Å². The number of ether oxygens (including phenoxy) is 2. The minimum absolute atomic E-state index is 0.0887. The molecule has 2 aromatic heterocycles. The molecule has 3 aromatic rings. The molecule has 30 heavy (non-hydrogen) atoms. The molecular formula is C19H22N6O4S. The van der Waals surface area contributed by atoms with Crippen molar-refractivity contribution in [3.05, 3.63) is 54.9 Å². The Kier molecular flexibility index (Phi) is 6.99. The first kappa shape index (κ1) is 21.3. The fourth-order valence-electron chi connectivity index (χ4n) is 2.52. The molecule has 11 heteroatoms. The van der Waals surface area contributed by atoms with Crippen molar-refractivity contribution in [1.29, 1.82) is 0 Å². The molecule has 2 heterocycles. The standard InChI is InChI=1S/C19H22N6O4S/c1-28-16-6-5-15(12-17(16)29-2)30(26,27)22-11-10-21-18-7-8-19(25-24-18)23-14-4-3-9-20-13-14/h3-9,12-13,22H,10-11H2,1-2H3,(H,21,24)(H,23,25). The summed E-state index contributed by atoms with van der Waals surface area (Å²) in [7, 11) is -0.756. The summed E-state index contributed by atoms with van der Waals surface area (Å²) >= 11 is 0. The van der Waals surface area contributed by atoms with Gasteiger partial charge in [-0.2, -0.15) is 0 Å². The van der Waals surface area contributed by atoms with Gasteiger partial charge in [0.15, 0.2) is 17.3 Å². The Hall–Kier alpha value is -3.44. The average Bonchev–Trinajstić information content (AvgIpc) is 2.78. The largest absolute Gasteiger partial charge is 0.493 e. The van der Waals surface area contributed by atoms with Crippen LogP contribution in [0.25, 0.3) is 0 Å². The van der Waals surface area contributed by atoms with Crippen molar-refractivity contribution in [2.24, 2.45) is 0 Å². The molecule has 0 bridgehead atoms. The van der Waals surface area contributed by atoms with E-state index in [0.29, 0.717) is 29.7 Å². The van der Waals surface area contributed by atoms with E-state index < -0.39 is 10.0 Å².